The molecule has 3 rings (SSSR count). The van der Waals surface area contributed by atoms with Crippen molar-refractivity contribution in [2.24, 2.45) is 7.05 Å². The molecule has 1 heterocycles. The van der Waals surface area contributed by atoms with Crippen molar-refractivity contribution in [1.29, 1.82) is 0 Å². The summed E-state index contributed by atoms with van der Waals surface area (Å²) in [4.78, 5) is 11.7. The predicted octanol–water partition coefficient (Wildman–Crippen LogP) is 4.12. The van der Waals surface area contributed by atoms with Gasteiger partial charge < -0.3 is 4.42 Å². The summed E-state index contributed by atoms with van der Waals surface area (Å²) < 4.78 is 6.76. The highest BCUT2D eigenvalue weighted by Gasteiger charge is 2.12. The average molecular weight is 346 g/mol. The van der Waals surface area contributed by atoms with Crippen LogP contribution in [0.5, 0.6) is 0 Å². The van der Waals surface area contributed by atoms with E-state index in [9.17, 15) is 4.79 Å². The highest BCUT2D eigenvalue weighted by molar-refractivity contribution is 9.09. The van der Waals surface area contributed by atoms with Gasteiger partial charge in [-0.3, -0.25) is 4.57 Å². The molecule has 0 radical (unpaired) electrons. The van der Waals surface area contributed by atoms with Crippen molar-refractivity contribution in [3.63, 3.8) is 0 Å². The molecule has 0 bridgehead atoms. The fourth-order valence-corrected chi connectivity index (χ4v) is 3.17. The molecular weight excluding hydrogens is 330 g/mol. The summed E-state index contributed by atoms with van der Waals surface area (Å²) in [6.45, 7) is 2.09. The summed E-state index contributed by atoms with van der Waals surface area (Å²) in [7, 11) is 1.71. The zero-order chi connectivity index (χ0) is 15.0. The number of rotatable bonds is 3. The monoisotopic (exact) mass is 345 g/mol. The number of oxazole rings is 1. The number of hydrogen-bond donors (Lipinski definition) is 0. The van der Waals surface area contributed by atoms with E-state index in [1.54, 1.807) is 7.05 Å². The van der Waals surface area contributed by atoms with Crippen LogP contribution in [0.4, 0.5) is 0 Å². The third kappa shape index (κ3) is 2.81. The van der Waals surface area contributed by atoms with E-state index in [0.717, 1.165) is 17.5 Å². The van der Waals surface area contributed by atoms with Crippen LogP contribution in [-0.4, -0.2) is 4.57 Å². The van der Waals surface area contributed by atoms with Crippen LogP contribution in [0.2, 0.25) is 0 Å². The second-order valence-corrected chi connectivity index (χ2v) is 6.42. The second-order valence-electron chi connectivity index (χ2n) is 5.31. The quantitative estimate of drug-likeness (QED) is 0.669. The van der Waals surface area contributed by atoms with Gasteiger partial charge in [0, 0.05) is 11.9 Å². The number of alkyl halides is 1. The summed E-state index contributed by atoms with van der Waals surface area (Å²) in [5, 5.41) is 0. The molecule has 21 heavy (non-hydrogen) atoms. The summed E-state index contributed by atoms with van der Waals surface area (Å²) in [5.41, 5.74) is 5.11. The molecule has 1 aromatic heterocycles. The first-order valence-electron chi connectivity index (χ1n) is 6.83. The smallest absolute Gasteiger partial charge is 0.408 e. The van der Waals surface area contributed by atoms with E-state index >= 15 is 0 Å². The standard InChI is InChI=1S/C17H16BrNO2/c1-11-4-3-5-12(8-11)9-14(18)13-6-7-15-16(10-13)21-17(20)19(15)2/h3-8,10,14H,9H2,1-2H3. The van der Waals surface area contributed by atoms with Crippen LogP contribution in [0.15, 0.2) is 51.7 Å². The van der Waals surface area contributed by atoms with Crippen LogP contribution >= 0.6 is 15.9 Å². The lowest BCUT2D eigenvalue weighted by Crippen LogP contribution is -2.08. The van der Waals surface area contributed by atoms with Crippen molar-refractivity contribution in [1.82, 2.24) is 4.57 Å². The summed E-state index contributed by atoms with van der Waals surface area (Å²) >= 11 is 3.73. The van der Waals surface area contributed by atoms with Gasteiger partial charge in [-0.1, -0.05) is 51.8 Å². The summed E-state index contributed by atoms with van der Waals surface area (Å²) in [5.74, 6) is -0.327. The molecule has 0 amide bonds. The van der Waals surface area contributed by atoms with Gasteiger partial charge in [-0.2, -0.15) is 0 Å². The van der Waals surface area contributed by atoms with Crippen molar-refractivity contribution >= 4 is 27.0 Å². The predicted molar refractivity (Wildman–Crippen MR) is 88.0 cm³/mol. The van der Waals surface area contributed by atoms with Crippen LogP contribution in [0, 0.1) is 6.92 Å². The number of aryl methyl sites for hydroxylation is 2. The van der Waals surface area contributed by atoms with E-state index in [0.29, 0.717) is 5.58 Å². The lowest BCUT2D eigenvalue weighted by atomic mass is 10.0. The minimum Gasteiger partial charge on any atom is -0.408 e. The summed E-state index contributed by atoms with van der Waals surface area (Å²) in [6.07, 6.45) is 0.893. The number of aromatic nitrogens is 1. The Labute approximate surface area is 131 Å². The first kappa shape index (κ1) is 14.1. The van der Waals surface area contributed by atoms with E-state index in [2.05, 4.69) is 47.1 Å². The first-order chi connectivity index (χ1) is 10.0. The molecule has 3 nitrogen and oxygen atoms in total. The highest BCUT2D eigenvalue weighted by Crippen LogP contribution is 2.29. The number of halogens is 1. The molecule has 0 aliphatic carbocycles. The van der Waals surface area contributed by atoms with Crippen LogP contribution < -0.4 is 5.76 Å². The first-order valence-corrected chi connectivity index (χ1v) is 7.75. The largest absolute Gasteiger partial charge is 0.419 e. The Bertz CT molecular complexity index is 847. The minimum absolute atomic E-state index is 0.189. The molecule has 2 aromatic carbocycles. The van der Waals surface area contributed by atoms with Crippen molar-refractivity contribution in [3.8, 4) is 0 Å². The molecular formula is C17H16BrNO2. The van der Waals surface area contributed by atoms with Crippen LogP contribution in [-0.2, 0) is 13.5 Å². The Balaban J connectivity index is 1.91. The number of nitrogens with zero attached hydrogens (tertiary/aromatic N) is 1. The van der Waals surface area contributed by atoms with Gasteiger partial charge in [-0.05, 0) is 36.6 Å². The Morgan fingerprint density at radius 3 is 2.81 bits per heavy atom. The van der Waals surface area contributed by atoms with Gasteiger partial charge in [-0.15, -0.1) is 0 Å². The molecule has 0 fully saturated rings. The zero-order valence-corrected chi connectivity index (χ0v) is 13.6. The van der Waals surface area contributed by atoms with E-state index in [1.165, 1.54) is 15.7 Å². The molecule has 0 spiro atoms. The second kappa shape index (κ2) is 5.53. The average Bonchev–Trinajstić information content (AvgIpc) is 2.73. The van der Waals surface area contributed by atoms with Crippen molar-refractivity contribution in [3.05, 3.63) is 69.7 Å². The number of hydrogen-bond acceptors (Lipinski definition) is 2. The van der Waals surface area contributed by atoms with Gasteiger partial charge >= 0.3 is 5.76 Å². The van der Waals surface area contributed by atoms with Crippen molar-refractivity contribution in [2.75, 3.05) is 0 Å². The zero-order valence-electron chi connectivity index (χ0n) is 12.0. The normalized spacial score (nSPS) is 12.7. The fraction of sp³-hybridized carbons (Fsp3) is 0.235. The molecule has 0 saturated heterocycles. The Kier molecular flexibility index (Phi) is 3.72. The fourth-order valence-electron chi connectivity index (χ4n) is 2.51. The molecule has 3 aromatic rings. The van der Waals surface area contributed by atoms with Gasteiger partial charge in [0.2, 0.25) is 0 Å². The number of fused-ring (bicyclic) bond motifs is 1. The summed E-state index contributed by atoms with van der Waals surface area (Å²) in [6, 6.07) is 14.4. The van der Waals surface area contributed by atoms with Gasteiger partial charge in [0.15, 0.2) is 5.58 Å². The molecule has 0 N–H and O–H groups in total. The third-order valence-electron chi connectivity index (χ3n) is 3.68. The maximum absolute atomic E-state index is 11.5. The van der Waals surface area contributed by atoms with Gasteiger partial charge in [0.25, 0.3) is 0 Å². The molecule has 1 unspecified atom stereocenters. The molecule has 0 aliphatic heterocycles. The molecule has 108 valence electrons. The lowest BCUT2D eigenvalue weighted by molar-refractivity contribution is 0.528. The Morgan fingerprint density at radius 2 is 2.05 bits per heavy atom. The Hall–Kier alpha value is -1.81. The van der Waals surface area contributed by atoms with E-state index in [-0.39, 0.29) is 10.6 Å². The molecule has 0 aliphatic rings. The third-order valence-corrected chi connectivity index (χ3v) is 4.53. The molecule has 0 saturated carbocycles. The minimum atomic E-state index is -0.327. The number of benzene rings is 2. The van der Waals surface area contributed by atoms with Crippen LogP contribution in [0.1, 0.15) is 21.5 Å². The van der Waals surface area contributed by atoms with E-state index < -0.39 is 0 Å². The van der Waals surface area contributed by atoms with Gasteiger partial charge in [0.1, 0.15) is 0 Å². The topological polar surface area (TPSA) is 35.1 Å². The van der Waals surface area contributed by atoms with Gasteiger partial charge in [-0.25, -0.2) is 4.79 Å². The van der Waals surface area contributed by atoms with Crippen LogP contribution in [0.25, 0.3) is 11.1 Å². The van der Waals surface area contributed by atoms with E-state index in [4.69, 9.17) is 4.42 Å². The lowest BCUT2D eigenvalue weighted by Gasteiger charge is -2.11. The maximum Gasteiger partial charge on any atom is 0.419 e. The van der Waals surface area contributed by atoms with Crippen molar-refractivity contribution < 1.29 is 4.42 Å². The van der Waals surface area contributed by atoms with Crippen LogP contribution in [0.3, 0.4) is 0 Å². The highest BCUT2D eigenvalue weighted by atomic mass is 79.9. The van der Waals surface area contributed by atoms with Crippen molar-refractivity contribution in [2.45, 2.75) is 18.2 Å². The molecule has 1 atom stereocenters. The van der Waals surface area contributed by atoms with E-state index in [1.807, 2.05) is 18.2 Å². The molecule has 4 heteroatoms. The Morgan fingerprint density at radius 1 is 1.24 bits per heavy atom. The SMILES string of the molecule is Cc1cccc(CC(Br)c2ccc3c(c2)oc(=O)n3C)c1. The maximum atomic E-state index is 11.5. The van der Waals surface area contributed by atoms with Gasteiger partial charge in [0.05, 0.1) is 5.52 Å².